The largest absolute Gasteiger partial charge is 0.457 e. The van der Waals surface area contributed by atoms with E-state index in [4.69, 9.17) is 4.74 Å². The van der Waals surface area contributed by atoms with Crippen LogP contribution in [0.5, 0.6) is 11.5 Å². The van der Waals surface area contributed by atoms with Crippen molar-refractivity contribution in [2.24, 2.45) is 0 Å². The highest BCUT2D eigenvalue weighted by atomic mass is 16.5. The van der Waals surface area contributed by atoms with Crippen molar-refractivity contribution < 1.29 is 4.74 Å². The summed E-state index contributed by atoms with van der Waals surface area (Å²) in [5.41, 5.74) is 2.48. The van der Waals surface area contributed by atoms with E-state index in [1.165, 1.54) is 32.7 Å². The third kappa shape index (κ3) is 3.04. The van der Waals surface area contributed by atoms with E-state index in [0.717, 1.165) is 11.5 Å². The zero-order valence-electron chi connectivity index (χ0n) is 14.8. The van der Waals surface area contributed by atoms with Crippen LogP contribution in [0.25, 0.3) is 32.7 Å². The molecule has 0 heterocycles. The first kappa shape index (κ1) is 15.7. The smallest absolute Gasteiger partial charge is 0.128 e. The average Bonchev–Trinajstić information content (AvgIpc) is 2.74. The molecule has 0 atom stereocenters. The normalized spacial score (nSPS) is 11.0. The van der Waals surface area contributed by atoms with Gasteiger partial charge in [-0.2, -0.15) is 0 Å². The lowest BCUT2D eigenvalue weighted by atomic mass is 9.97. The lowest BCUT2D eigenvalue weighted by molar-refractivity contribution is 0.483. The molecule has 5 rings (SSSR count). The first-order valence-electron chi connectivity index (χ1n) is 9.12. The molecule has 0 saturated heterocycles. The molecule has 0 aliphatic carbocycles. The molecule has 0 aromatic heterocycles. The van der Waals surface area contributed by atoms with Crippen LogP contribution in [0.2, 0.25) is 0 Å². The lowest BCUT2D eigenvalue weighted by Gasteiger charge is -2.10. The summed E-state index contributed by atoms with van der Waals surface area (Å²) in [6, 6.07) is 37.7. The second kappa shape index (κ2) is 6.62. The molecular weight excluding hydrogens is 328 g/mol. The van der Waals surface area contributed by atoms with Gasteiger partial charge in [-0.25, -0.2) is 0 Å². The van der Waals surface area contributed by atoms with Gasteiger partial charge in [0.25, 0.3) is 0 Å². The van der Waals surface area contributed by atoms with E-state index >= 15 is 0 Å². The molecule has 0 unspecified atom stereocenters. The summed E-state index contributed by atoms with van der Waals surface area (Å²) in [6.07, 6.45) is 0. The van der Waals surface area contributed by atoms with Crippen LogP contribution < -0.4 is 4.74 Å². The summed E-state index contributed by atoms with van der Waals surface area (Å²) in [4.78, 5) is 0. The van der Waals surface area contributed by atoms with Gasteiger partial charge in [0.15, 0.2) is 0 Å². The van der Waals surface area contributed by atoms with Gasteiger partial charge in [0.1, 0.15) is 11.5 Å². The fourth-order valence-electron chi connectivity index (χ4n) is 3.55. The van der Waals surface area contributed by atoms with Crippen molar-refractivity contribution >= 4 is 21.5 Å². The summed E-state index contributed by atoms with van der Waals surface area (Å²) < 4.78 is 5.98. The average molecular weight is 346 g/mol. The summed E-state index contributed by atoms with van der Waals surface area (Å²) in [5, 5.41) is 4.94. The molecule has 0 aliphatic heterocycles. The van der Waals surface area contributed by atoms with Crippen LogP contribution in [-0.4, -0.2) is 0 Å². The highest BCUT2D eigenvalue weighted by molar-refractivity contribution is 6.08. The van der Waals surface area contributed by atoms with E-state index in [-0.39, 0.29) is 0 Å². The Kier molecular flexibility index (Phi) is 3.84. The highest BCUT2D eigenvalue weighted by Crippen LogP contribution is 2.32. The molecule has 1 nitrogen and oxygen atoms in total. The van der Waals surface area contributed by atoms with Crippen molar-refractivity contribution in [3.8, 4) is 22.6 Å². The number of benzene rings is 5. The van der Waals surface area contributed by atoms with Gasteiger partial charge in [0.05, 0.1) is 0 Å². The Morgan fingerprint density at radius 2 is 1.04 bits per heavy atom. The van der Waals surface area contributed by atoms with E-state index in [1.54, 1.807) is 0 Å². The molecule has 5 aromatic carbocycles. The van der Waals surface area contributed by atoms with Gasteiger partial charge in [-0.1, -0.05) is 78.9 Å². The number of ether oxygens (including phenoxy) is 1. The van der Waals surface area contributed by atoms with Crippen LogP contribution >= 0.6 is 0 Å². The Balaban J connectivity index is 1.57. The molecule has 0 saturated carbocycles. The minimum absolute atomic E-state index is 0.852. The van der Waals surface area contributed by atoms with Crippen molar-refractivity contribution in [3.63, 3.8) is 0 Å². The first-order chi connectivity index (χ1) is 13.4. The van der Waals surface area contributed by atoms with Gasteiger partial charge >= 0.3 is 0 Å². The van der Waals surface area contributed by atoms with Crippen LogP contribution in [0.3, 0.4) is 0 Å². The van der Waals surface area contributed by atoms with Crippen molar-refractivity contribution in [1.82, 2.24) is 0 Å². The Hall–Kier alpha value is -3.58. The topological polar surface area (TPSA) is 9.23 Å². The highest BCUT2D eigenvalue weighted by Gasteiger charge is 2.05. The van der Waals surface area contributed by atoms with Crippen molar-refractivity contribution in [1.29, 1.82) is 0 Å². The minimum Gasteiger partial charge on any atom is -0.457 e. The third-order valence-corrected chi connectivity index (χ3v) is 4.89. The van der Waals surface area contributed by atoms with Crippen molar-refractivity contribution in [2.75, 3.05) is 0 Å². The van der Waals surface area contributed by atoms with Gasteiger partial charge in [0.2, 0.25) is 0 Å². The van der Waals surface area contributed by atoms with E-state index in [0.29, 0.717) is 0 Å². The minimum atomic E-state index is 0.852. The van der Waals surface area contributed by atoms with E-state index in [2.05, 4.69) is 66.7 Å². The van der Waals surface area contributed by atoms with Crippen LogP contribution in [0, 0.1) is 0 Å². The van der Waals surface area contributed by atoms with Crippen LogP contribution in [0.1, 0.15) is 0 Å². The van der Waals surface area contributed by atoms with Crippen molar-refractivity contribution in [2.45, 2.75) is 0 Å². The number of para-hydroxylation sites is 1. The first-order valence-corrected chi connectivity index (χ1v) is 9.12. The van der Waals surface area contributed by atoms with Crippen molar-refractivity contribution in [3.05, 3.63) is 109 Å². The monoisotopic (exact) mass is 346 g/mol. The van der Waals surface area contributed by atoms with Gasteiger partial charge in [-0.15, -0.1) is 0 Å². The number of rotatable bonds is 3. The SMILES string of the molecule is c1ccc(Oc2ccc3c(ccc4cc(-c5ccccc5)ccc43)c2)cc1. The standard InChI is InChI=1S/C26H18O/c1-3-7-19(8-4-1)20-13-15-25-21(17-20)11-12-22-18-24(14-16-26(22)25)27-23-9-5-2-6-10-23/h1-18H. The molecule has 1 heteroatoms. The molecule has 0 aliphatic rings. The summed E-state index contributed by atoms with van der Waals surface area (Å²) in [5.74, 6) is 1.71. The predicted octanol–water partition coefficient (Wildman–Crippen LogP) is 7.45. The Morgan fingerprint density at radius 1 is 0.407 bits per heavy atom. The number of fused-ring (bicyclic) bond motifs is 3. The molecule has 0 bridgehead atoms. The Labute approximate surface area is 158 Å². The lowest BCUT2D eigenvalue weighted by Crippen LogP contribution is -1.85. The number of hydrogen-bond acceptors (Lipinski definition) is 1. The summed E-state index contributed by atoms with van der Waals surface area (Å²) in [6.45, 7) is 0. The molecule has 128 valence electrons. The Morgan fingerprint density at radius 3 is 1.78 bits per heavy atom. The maximum atomic E-state index is 5.98. The second-order valence-electron chi connectivity index (χ2n) is 6.67. The van der Waals surface area contributed by atoms with Gasteiger partial charge in [-0.3, -0.25) is 0 Å². The molecule has 0 amide bonds. The van der Waals surface area contributed by atoms with Crippen LogP contribution in [-0.2, 0) is 0 Å². The molecule has 0 fully saturated rings. The van der Waals surface area contributed by atoms with E-state index in [9.17, 15) is 0 Å². The maximum absolute atomic E-state index is 5.98. The summed E-state index contributed by atoms with van der Waals surface area (Å²) in [7, 11) is 0. The second-order valence-corrected chi connectivity index (χ2v) is 6.67. The quantitative estimate of drug-likeness (QED) is 0.308. The Bertz CT molecular complexity index is 1220. The molecule has 0 spiro atoms. The third-order valence-electron chi connectivity index (χ3n) is 4.89. The molecule has 0 radical (unpaired) electrons. The zero-order valence-corrected chi connectivity index (χ0v) is 14.8. The molecule has 27 heavy (non-hydrogen) atoms. The van der Waals surface area contributed by atoms with Crippen LogP contribution in [0.15, 0.2) is 109 Å². The maximum Gasteiger partial charge on any atom is 0.128 e. The van der Waals surface area contributed by atoms with E-state index < -0.39 is 0 Å². The molecule has 5 aromatic rings. The summed E-state index contributed by atoms with van der Waals surface area (Å²) >= 11 is 0. The van der Waals surface area contributed by atoms with Gasteiger partial charge in [0, 0.05) is 0 Å². The fraction of sp³-hybridized carbons (Fsp3) is 0. The predicted molar refractivity (Wildman–Crippen MR) is 113 cm³/mol. The van der Waals surface area contributed by atoms with E-state index in [1.807, 2.05) is 42.5 Å². The van der Waals surface area contributed by atoms with Crippen LogP contribution in [0.4, 0.5) is 0 Å². The van der Waals surface area contributed by atoms with Gasteiger partial charge < -0.3 is 4.74 Å². The molecular formula is C26H18O. The molecule has 0 N–H and O–H groups in total. The zero-order chi connectivity index (χ0) is 18.1. The fourth-order valence-corrected chi connectivity index (χ4v) is 3.55. The number of hydrogen-bond donors (Lipinski definition) is 0. The van der Waals surface area contributed by atoms with Gasteiger partial charge in [-0.05, 0) is 63.0 Å².